The summed E-state index contributed by atoms with van der Waals surface area (Å²) in [7, 11) is -0.506. The Balaban J connectivity index is 4.67. The van der Waals surface area contributed by atoms with Crippen molar-refractivity contribution in [2.75, 3.05) is 47.1 Å². The normalized spacial score (nSPS) is 13.1. The zero-order valence-corrected chi connectivity index (χ0v) is 13.8. The van der Waals surface area contributed by atoms with Crippen LogP contribution in [0.1, 0.15) is 26.7 Å². The first-order valence-corrected chi connectivity index (χ1v) is 8.30. The van der Waals surface area contributed by atoms with E-state index in [4.69, 9.17) is 15.2 Å². The van der Waals surface area contributed by atoms with Crippen molar-refractivity contribution in [3.8, 4) is 0 Å². The van der Waals surface area contributed by atoms with Crippen LogP contribution in [0, 0.1) is 0 Å². The van der Waals surface area contributed by atoms with Gasteiger partial charge in [0.05, 0.1) is 13.2 Å². The van der Waals surface area contributed by atoms with Crippen molar-refractivity contribution >= 4 is 10.2 Å². The zero-order valence-electron chi connectivity index (χ0n) is 13.0. The molecule has 20 heavy (non-hydrogen) atoms. The fourth-order valence-electron chi connectivity index (χ4n) is 1.56. The SMILES string of the molecule is CCC(N)(CC)CNS(=O)(=O)N(CCOC)CCOC. The van der Waals surface area contributed by atoms with Gasteiger partial charge < -0.3 is 15.2 Å². The van der Waals surface area contributed by atoms with Crippen molar-refractivity contribution < 1.29 is 17.9 Å². The van der Waals surface area contributed by atoms with Crippen LogP contribution in [0.3, 0.4) is 0 Å². The molecule has 0 saturated heterocycles. The van der Waals surface area contributed by atoms with Crippen LogP contribution >= 0.6 is 0 Å². The van der Waals surface area contributed by atoms with E-state index in [9.17, 15) is 8.42 Å². The minimum absolute atomic E-state index is 0.221. The van der Waals surface area contributed by atoms with Crippen molar-refractivity contribution in [1.82, 2.24) is 9.03 Å². The highest BCUT2D eigenvalue weighted by molar-refractivity contribution is 7.87. The third-order valence-corrected chi connectivity index (χ3v) is 5.00. The van der Waals surface area contributed by atoms with Crippen LogP contribution in [0.2, 0.25) is 0 Å². The van der Waals surface area contributed by atoms with Crippen LogP contribution in [0.25, 0.3) is 0 Å². The Bertz CT molecular complexity index is 337. The number of nitrogens with zero attached hydrogens (tertiary/aromatic N) is 1. The molecule has 3 N–H and O–H groups in total. The molecule has 0 amide bonds. The summed E-state index contributed by atoms with van der Waals surface area (Å²) in [6.07, 6.45) is 1.42. The first-order chi connectivity index (χ1) is 9.35. The molecule has 0 aromatic carbocycles. The molecule has 0 fully saturated rings. The van der Waals surface area contributed by atoms with E-state index >= 15 is 0 Å². The van der Waals surface area contributed by atoms with Gasteiger partial charge in [-0.1, -0.05) is 13.8 Å². The smallest absolute Gasteiger partial charge is 0.279 e. The van der Waals surface area contributed by atoms with E-state index in [1.54, 1.807) is 0 Å². The number of methoxy groups -OCH3 is 2. The van der Waals surface area contributed by atoms with Crippen LogP contribution in [0.5, 0.6) is 0 Å². The molecule has 0 saturated carbocycles. The molecule has 0 radical (unpaired) electrons. The van der Waals surface area contributed by atoms with Gasteiger partial charge in [-0.3, -0.25) is 0 Å². The van der Waals surface area contributed by atoms with Gasteiger partial charge in [-0.15, -0.1) is 0 Å². The Morgan fingerprint density at radius 1 is 1.10 bits per heavy atom. The van der Waals surface area contributed by atoms with E-state index in [1.165, 1.54) is 18.5 Å². The Morgan fingerprint density at radius 2 is 1.55 bits per heavy atom. The summed E-state index contributed by atoms with van der Waals surface area (Å²) < 4.78 is 38.3. The maximum Gasteiger partial charge on any atom is 0.279 e. The minimum Gasteiger partial charge on any atom is -0.383 e. The Morgan fingerprint density at radius 3 is 1.90 bits per heavy atom. The van der Waals surface area contributed by atoms with Crippen molar-refractivity contribution in [3.63, 3.8) is 0 Å². The van der Waals surface area contributed by atoms with E-state index in [0.29, 0.717) is 26.1 Å². The van der Waals surface area contributed by atoms with E-state index in [-0.39, 0.29) is 19.6 Å². The molecule has 0 spiro atoms. The third kappa shape index (κ3) is 6.96. The zero-order chi connectivity index (χ0) is 15.6. The van der Waals surface area contributed by atoms with Gasteiger partial charge in [-0.25, -0.2) is 4.72 Å². The molecule has 0 aliphatic carbocycles. The summed E-state index contributed by atoms with van der Waals surface area (Å²) in [4.78, 5) is 0. The molecular formula is C12H29N3O4S. The van der Waals surface area contributed by atoms with Crippen molar-refractivity contribution in [2.45, 2.75) is 32.2 Å². The van der Waals surface area contributed by atoms with Crippen LogP contribution in [0.15, 0.2) is 0 Å². The summed E-state index contributed by atoms with van der Waals surface area (Å²) in [5.74, 6) is 0. The van der Waals surface area contributed by atoms with Gasteiger partial charge >= 0.3 is 0 Å². The lowest BCUT2D eigenvalue weighted by Gasteiger charge is -2.29. The summed E-state index contributed by atoms with van der Waals surface area (Å²) >= 11 is 0. The van der Waals surface area contributed by atoms with Crippen molar-refractivity contribution in [3.05, 3.63) is 0 Å². The highest BCUT2D eigenvalue weighted by Crippen LogP contribution is 2.10. The highest BCUT2D eigenvalue weighted by atomic mass is 32.2. The number of ether oxygens (including phenoxy) is 2. The van der Waals surface area contributed by atoms with Gasteiger partial charge in [0.1, 0.15) is 0 Å². The molecule has 7 nitrogen and oxygen atoms in total. The van der Waals surface area contributed by atoms with E-state index < -0.39 is 15.7 Å². The molecule has 0 rings (SSSR count). The summed E-state index contributed by atoms with van der Waals surface area (Å²) in [6, 6.07) is 0. The predicted molar refractivity (Wildman–Crippen MR) is 79.7 cm³/mol. The molecule has 8 heteroatoms. The van der Waals surface area contributed by atoms with Gasteiger partial charge in [0.15, 0.2) is 0 Å². The number of nitrogens with one attached hydrogen (secondary N) is 1. The lowest BCUT2D eigenvalue weighted by molar-refractivity contribution is 0.149. The fourth-order valence-corrected chi connectivity index (χ4v) is 2.85. The maximum atomic E-state index is 12.3. The topological polar surface area (TPSA) is 93.9 Å². The Hall–Kier alpha value is -0.250. The third-order valence-electron chi connectivity index (χ3n) is 3.44. The highest BCUT2D eigenvalue weighted by Gasteiger charge is 2.26. The van der Waals surface area contributed by atoms with E-state index in [0.717, 1.165) is 0 Å². The van der Waals surface area contributed by atoms with Gasteiger partial charge in [0.25, 0.3) is 10.2 Å². The quantitative estimate of drug-likeness (QED) is 0.526. The molecule has 0 aliphatic rings. The lowest BCUT2D eigenvalue weighted by Crippen LogP contribution is -2.53. The average molecular weight is 311 g/mol. The Labute approximate surface area is 123 Å². The molecule has 122 valence electrons. The first-order valence-electron chi connectivity index (χ1n) is 6.86. The molecule has 0 aromatic rings. The summed E-state index contributed by atoms with van der Waals surface area (Å²) in [5.41, 5.74) is 5.60. The van der Waals surface area contributed by atoms with E-state index in [2.05, 4.69) is 4.72 Å². The second-order valence-electron chi connectivity index (χ2n) is 4.78. The van der Waals surface area contributed by atoms with Crippen LogP contribution in [0.4, 0.5) is 0 Å². The molecule has 0 atom stereocenters. The average Bonchev–Trinajstić information content (AvgIpc) is 2.44. The summed E-state index contributed by atoms with van der Waals surface area (Å²) in [5, 5.41) is 0. The number of nitrogens with two attached hydrogens (primary N) is 1. The minimum atomic E-state index is -3.58. The molecule has 0 unspecified atom stereocenters. The molecule has 0 aliphatic heterocycles. The van der Waals surface area contributed by atoms with Gasteiger partial charge in [-0.05, 0) is 12.8 Å². The number of rotatable bonds is 12. The van der Waals surface area contributed by atoms with Crippen LogP contribution in [-0.2, 0) is 19.7 Å². The second-order valence-corrected chi connectivity index (χ2v) is 6.54. The predicted octanol–water partition coefficient (Wildman–Crippen LogP) is -0.0669. The lowest BCUT2D eigenvalue weighted by atomic mass is 9.95. The number of hydrogen-bond acceptors (Lipinski definition) is 5. The molecule has 0 aromatic heterocycles. The van der Waals surface area contributed by atoms with Crippen molar-refractivity contribution in [1.29, 1.82) is 0 Å². The maximum absolute atomic E-state index is 12.3. The second kappa shape index (κ2) is 9.64. The largest absolute Gasteiger partial charge is 0.383 e. The van der Waals surface area contributed by atoms with Gasteiger partial charge in [0, 0.05) is 39.4 Å². The van der Waals surface area contributed by atoms with Crippen molar-refractivity contribution in [2.24, 2.45) is 5.73 Å². The monoisotopic (exact) mass is 311 g/mol. The van der Waals surface area contributed by atoms with E-state index in [1.807, 2.05) is 13.8 Å². The van der Waals surface area contributed by atoms with Crippen LogP contribution < -0.4 is 10.5 Å². The summed E-state index contributed by atoms with van der Waals surface area (Å²) in [6.45, 7) is 5.35. The first kappa shape index (κ1) is 19.8. The molecular weight excluding hydrogens is 282 g/mol. The Kier molecular flexibility index (Phi) is 9.52. The molecule has 0 bridgehead atoms. The fraction of sp³-hybridized carbons (Fsp3) is 1.00. The van der Waals surface area contributed by atoms with Gasteiger partial charge in [-0.2, -0.15) is 12.7 Å². The molecule has 0 heterocycles. The van der Waals surface area contributed by atoms with Gasteiger partial charge in [0.2, 0.25) is 0 Å². The van der Waals surface area contributed by atoms with Crippen LogP contribution in [-0.4, -0.2) is 65.3 Å². The standard InChI is InChI=1S/C12H29N3O4S/c1-5-12(13,6-2)11-14-20(16,17)15(7-9-18-3)8-10-19-4/h14H,5-11,13H2,1-4H3. The number of hydrogen-bond donors (Lipinski definition) is 2.